The van der Waals surface area contributed by atoms with Gasteiger partial charge in [0.15, 0.2) is 5.65 Å². The van der Waals surface area contributed by atoms with E-state index in [1.165, 1.54) is 12.8 Å². The predicted molar refractivity (Wildman–Crippen MR) is 111 cm³/mol. The summed E-state index contributed by atoms with van der Waals surface area (Å²) in [4.78, 5) is 14.7. The molecule has 1 unspecified atom stereocenters. The van der Waals surface area contributed by atoms with Crippen molar-refractivity contribution < 1.29 is 4.79 Å². The minimum absolute atomic E-state index is 0. The van der Waals surface area contributed by atoms with Crippen molar-refractivity contribution >= 4 is 36.4 Å². The highest BCUT2D eigenvalue weighted by molar-refractivity contribution is 5.85. The van der Waals surface area contributed by atoms with Crippen LogP contribution in [0.1, 0.15) is 50.3 Å². The number of fused-ring (bicyclic) bond motifs is 1. The lowest BCUT2D eigenvalue weighted by atomic mass is 9.92. The molecule has 0 aliphatic carbocycles. The normalized spacial score (nSPS) is 20.7. The molecular weight excluding hydrogens is 385 g/mol. The lowest BCUT2D eigenvalue weighted by Crippen LogP contribution is -2.39. The van der Waals surface area contributed by atoms with E-state index in [-0.39, 0.29) is 30.7 Å². The van der Waals surface area contributed by atoms with E-state index in [0.29, 0.717) is 18.2 Å². The Morgan fingerprint density at radius 2 is 1.96 bits per heavy atom. The van der Waals surface area contributed by atoms with E-state index >= 15 is 0 Å². The SMILES string of the molecule is Cl.Cl.O=C(CCC1CCNCC1)N1CCCC(c2nnc3ccccn23)C1. The number of nitrogens with one attached hydrogen (secondary N) is 1. The van der Waals surface area contributed by atoms with Gasteiger partial charge in [-0.3, -0.25) is 9.20 Å². The summed E-state index contributed by atoms with van der Waals surface area (Å²) in [5.41, 5.74) is 0.881. The van der Waals surface area contributed by atoms with Gasteiger partial charge in [0.2, 0.25) is 5.91 Å². The van der Waals surface area contributed by atoms with Crippen molar-refractivity contribution in [1.29, 1.82) is 0 Å². The summed E-state index contributed by atoms with van der Waals surface area (Å²) in [5, 5.41) is 12.1. The molecular formula is C19H29Cl2N5O. The fourth-order valence-electron chi connectivity index (χ4n) is 4.21. The Kier molecular flexibility index (Phi) is 8.32. The van der Waals surface area contributed by atoms with Crippen molar-refractivity contribution in [2.24, 2.45) is 5.92 Å². The maximum absolute atomic E-state index is 12.7. The van der Waals surface area contributed by atoms with Crippen LogP contribution in [0, 0.1) is 5.92 Å². The standard InChI is InChI=1S/C19H27N5O.2ClH/c25-18(7-6-15-8-10-20-11-9-15)23-12-3-4-16(14-23)19-22-21-17-5-1-2-13-24(17)19;;/h1-2,5,13,15-16,20H,3-4,6-12,14H2;2*1H. The molecule has 0 bridgehead atoms. The van der Waals surface area contributed by atoms with E-state index in [4.69, 9.17) is 0 Å². The van der Waals surface area contributed by atoms with E-state index in [0.717, 1.165) is 56.9 Å². The molecule has 2 saturated heterocycles. The largest absolute Gasteiger partial charge is 0.342 e. The number of nitrogens with zero attached hydrogens (tertiary/aromatic N) is 4. The summed E-state index contributed by atoms with van der Waals surface area (Å²) >= 11 is 0. The Morgan fingerprint density at radius 1 is 1.15 bits per heavy atom. The number of aromatic nitrogens is 3. The van der Waals surface area contributed by atoms with Crippen molar-refractivity contribution in [3.05, 3.63) is 30.2 Å². The summed E-state index contributed by atoms with van der Waals surface area (Å²) in [6.45, 7) is 3.87. The van der Waals surface area contributed by atoms with Crippen LogP contribution in [0.3, 0.4) is 0 Å². The first-order chi connectivity index (χ1) is 12.3. The topological polar surface area (TPSA) is 62.5 Å². The number of pyridine rings is 1. The average molecular weight is 414 g/mol. The molecule has 1 amide bonds. The summed E-state index contributed by atoms with van der Waals surface area (Å²) in [6, 6.07) is 5.96. The van der Waals surface area contributed by atoms with Crippen LogP contribution >= 0.6 is 24.8 Å². The second kappa shape index (κ2) is 10.2. The number of likely N-dealkylation sites (tertiary alicyclic amines) is 1. The van der Waals surface area contributed by atoms with Crippen LogP contribution in [0.25, 0.3) is 5.65 Å². The van der Waals surface area contributed by atoms with Gasteiger partial charge in [-0.2, -0.15) is 0 Å². The third-order valence-electron chi connectivity index (χ3n) is 5.70. The molecule has 1 N–H and O–H groups in total. The summed E-state index contributed by atoms with van der Waals surface area (Å²) < 4.78 is 2.06. The number of carbonyl (C=O) groups excluding carboxylic acids is 1. The maximum Gasteiger partial charge on any atom is 0.222 e. The van der Waals surface area contributed by atoms with Gasteiger partial charge in [-0.1, -0.05) is 6.07 Å². The molecule has 1 atom stereocenters. The number of amides is 1. The number of rotatable bonds is 4. The Hall–Kier alpha value is -1.37. The molecule has 0 radical (unpaired) electrons. The van der Waals surface area contributed by atoms with E-state index in [1.807, 2.05) is 24.4 Å². The van der Waals surface area contributed by atoms with Gasteiger partial charge < -0.3 is 10.2 Å². The van der Waals surface area contributed by atoms with Crippen LogP contribution in [0.15, 0.2) is 24.4 Å². The molecule has 6 nitrogen and oxygen atoms in total. The van der Waals surface area contributed by atoms with Crippen molar-refractivity contribution in [3.8, 4) is 0 Å². The highest BCUT2D eigenvalue weighted by atomic mass is 35.5. The molecule has 150 valence electrons. The number of halogens is 2. The average Bonchev–Trinajstić information content (AvgIpc) is 3.11. The lowest BCUT2D eigenvalue weighted by molar-refractivity contribution is -0.132. The fraction of sp³-hybridized carbons (Fsp3) is 0.632. The van der Waals surface area contributed by atoms with Gasteiger partial charge in [-0.05, 0) is 63.2 Å². The second-order valence-electron chi connectivity index (χ2n) is 7.40. The Balaban J connectivity index is 0.00000131. The number of piperidine rings is 2. The van der Waals surface area contributed by atoms with Gasteiger partial charge in [0.05, 0.1) is 0 Å². The first kappa shape index (κ1) is 21.9. The van der Waals surface area contributed by atoms with Crippen molar-refractivity contribution in [2.75, 3.05) is 26.2 Å². The van der Waals surface area contributed by atoms with Crippen molar-refractivity contribution in [3.63, 3.8) is 0 Å². The molecule has 8 heteroatoms. The van der Waals surface area contributed by atoms with Crippen LogP contribution in [0.5, 0.6) is 0 Å². The minimum atomic E-state index is 0. The number of hydrogen-bond donors (Lipinski definition) is 1. The number of hydrogen-bond acceptors (Lipinski definition) is 4. The lowest BCUT2D eigenvalue weighted by Gasteiger charge is -2.32. The van der Waals surface area contributed by atoms with E-state index < -0.39 is 0 Å². The van der Waals surface area contributed by atoms with Gasteiger partial charge in [-0.15, -0.1) is 35.0 Å². The van der Waals surface area contributed by atoms with Crippen LogP contribution in [0.2, 0.25) is 0 Å². The number of carbonyl (C=O) groups is 1. The van der Waals surface area contributed by atoms with Gasteiger partial charge in [0.1, 0.15) is 5.82 Å². The quantitative estimate of drug-likeness (QED) is 0.836. The van der Waals surface area contributed by atoms with Crippen LogP contribution in [-0.2, 0) is 4.79 Å². The zero-order chi connectivity index (χ0) is 17.1. The first-order valence-electron chi connectivity index (χ1n) is 9.59. The summed E-state index contributed by atoms with van der Waals surface area (Å²) in [5.74, 6) is 2.31. The van der Waals surface area contributed by atoms with Gasteiger partial charge in [-0.25, -0.2) is 0 Å². The van der Waals surface area contributed by atoms with Gasteiger partial charge in [0, 0.05) is 31.6 Å². The monoisotopic (exact) mass is 413 g/mol. The summed E-state index contributed by atoms with van der Waals surface area (Å²) in [6.07, 6.45) is 8.29. The molecule has 2 fully saturated rings. The van der Waals surface area contributed by atoms with E-state index in [9.17, 15) is 4.79 Å². The van der Waals surface area contributed by atoms with Gasteiger partial charge >= 0.3 is 0 Å². The Morgan fingerprint density at radius 3 is 2.78 bits per heavy atom. The van der Waals surface area contributed by atoms with Gasteiger partial charge in [0.25, 0.3) is 0 Å². The maximum atomic E-state index is 12.7. The first-order valence-corrected chi connectivity index (χ1v) is 9.59. The van der Waals surface area contributed by atoms with E-state index in [2.05, 4.69) is 24.8 Å². The molecule has 2 aliphatic heterocycles. The molecule has 4 rings (SSSR count). The third-order valence-corrected chi connectivity index (χ3v) is 5.70. The molecule has 4 heterocycles. The molecule has 0 spiro atoms. The predicted octanol–water partition coefficient (Wildman–Crippen LogP) is 3.06. The Labute approximate surface area is 172 Å². The summed E-state index contributed by atoms with van der Waals surface area (Å²) in [7, 11) is 0. The fourth-order valence-corrected chi connectivity index (χ4v) is 4.21. The molecule has 2 aromatic heterocycles. The zero-order valence-corrected chi connectivity index (χ0v) is 17.2. The molecule has 0 aromatic carbocycles. The zero-order valence-electron chi connectivity index (χ0n) is 15.5. The molecule has 27 heavy (non-hydrogen) atoms. The second-order valence-corrected chi connectivity index (χ2v) is 7.40. The smallest absolute Gasteiger partial charge is 0.222 e. The van der Waals surface area contributed by atoms with E-state index in [1.54, 1.807) is 0 Å². The third kappa shape index (κ3) is 5.12. The van der Waals surface area contributed by atoms with Crippen LogP contribution < -0.4 is 5.32 Å². The highest BCUT2D eigenvalue weighted by Crippen LogP contribution is 2.27. The minimum Gasteiger partial charge on any atom is -0.342 e. The molecule has 2 aliphatic rings. The molecule has 0 saturated carbocycles. The van der Waals surface area contributed by atoms with Crippen LogP contribution in [-0.4, -0.2) is 51.6 Å². The Bertz CT molecular complexity index is 732. The van der Waals surface area contributed by atoms with Crippen molar-refractivity contribution in [1.82, 2.24) is 24.8 Å². The highest BCUT2D eigenvalue weighted by Gasteiger charge is 2.28. The van der Waals surface area contributed by atoms with Crippen LogP contribution in [0.4, 0.5) is 0 Å². The molecule has 2 aromatic rings. The van der Waals surface area contributed by atoms with Crippen molar-refractivity contribution in [2.45, 2.75) is 44.4 Å².